The van der Waals surface area contributed by atoms with Gasteiger partial charge in [-0.1, -0.05) is 17.7 Å². The molecule has 0 aromatic heterocycles. The third kappa shape index (κ3) is 2.98. The minimum atomic E-state index is 0.524. The second-order valence-corrected chi connectivity index (χ2v) is 8.86. The van der Waals surface area contributed by atoms with Gasteiger partial charge in [-0.2, -0.15) is 0 Å². The smallest absolute Gasteiger partial charge is 0.202 e. The summed E-state index contributed by atoms with van der Waals surface area (Å²) in [6, 6.07) is 9.46. The predicted molar refractivity (Wildman–Crippen MR) is 105 cm³/mol. The molecule has 4 aliphatic heterocycles. The summed E-state index contributed by atoms with van der Waals surface area (Å²) in [6.07, 6.45) is 8.24. The molecule has 5 rings (SSSR count). The number of benzene rings is 1. The summed E-state index contributed by atoms with van der Waals surface area (Å²) in [7, 11) is 0. The molecule has 0 N–H and O–H groups in total. The monoisotopic (exact) mass is 366 g/mol. The summed E-state index contributed by atoms with van der Waals surface area (Å²) in [5.41, 5.74) is 2.06. The molecule has 0 unspecified atom stereocenters. The lowest BCUT2D eigenvalue weighted by atomic mass is 9.68. The van der Waals surface area contributed by atoms with Crippen LogP contribution in [-0.2, 0) is 4.79 Å². The Morgan fingerprint density at radius 2 is 1.85 bits per heavy atom. The van der Waals surface area contributed by atoms with Gasteiger partial charge in [0.1, 0.15) is 5.75 Å². The van der Waals surface area contributed by atoms with Crippen LogP contribution in [0.1, 0.15) is 44.1 Å². The van der Waals surface area contributed by atoms with Gasteiger partial charge < -0.3 is 9.64 Å². The maximum atomic E-state index is 11.8. The van der Waals surface area contributed by atoms with Gasteiger partial charge in [-0.3, -0.25) is 9.69 Å². The van der Waals surface area contributed by atoms with Gasteiger partial charge >= 0.3 is 0 Å². The van der Waals surface area contributed by atoms with Crippen molar-refractivity contribution in [3.63, 3.8) is 0 Å². The molecule has 0 amide bonds. The van der Waals surface area contributed by atoms with Crippen LogP contribution in [0, 0.1) is 18.8 Å². The number of ether oxygens (including phenoxy) is 1. The average molecular weight is 367 g/mol. The van der Waals surface area contributed by atoms with Gasteiger partial charge in [0.05, 0.1) is 5.57 Å². The molecule has 4 aliphatic rings. The number of hydrogen-bond acceptors (Lipinski definition) is 4. The summed E-state index contributed by atoms with van der Waals surface area (Å²) in [5, 5.41) is 0. The van der Waals surface area contributed by atoms with Crippen molar-refractivity contribution in [2.45, 2.75) is 57.5 Å². The summed E-state index contributed by atoms with van der Waals surface area (Å²) in [6.45, 7) is 5.69. The standard InChI is InChI=1S/C23H30N2O2/c1-16-6-9-19(10-7-16)27-23-18(15-26)8-11-21-20-5-3-13-24-12-2-4-17(22(20)24)14-25(21)23/h6-7,9-10,15,17,20-22H,2-5,8,11-14H2,1H3/t17-,20+,21+,22-/m0/s1. The summed E-state index contributed by atoms with van der Waals surface area (Å²) in [5.74, 6) is 3.11. The van der Waals surface area contributed by atoms with E-state index in [1.54, 1.807) is 0 Å². The molecular weight excluding hydrogens is 336 g/mol. The first-order valence-corrected chi connectivity index (χ1v) is 10.7. The van der Waals surface area contributed by atoms with Crippen LogP contribution in [0.2, 0.25) is 0 Å². The molecule has 3 saturated heterocycles. The van der Waals surface area contributed by atoms with E-state index in [0.717, 1.165) is 54.8 Å². The van der Waals surface area contributed by atoms with Gasteiger partial charge in [0.25, 0.3) is 0 Å². The lowest BCUT2D eigenvalue weighted by Gasteiger charge is -2.59. The fraction of sp³-hybridized carbons (Fsp3) is 0.609. The largest absolute Gasteiger partial charge is 0.441 e. The number of hydrogen-bond donors (Lipinski definition) is 0. The van der Waals surface area contributed by atoms with Gasteiger partial charge in [-0.15, -0.1) is 0 Å². The highest BCUT2D eigenvalue weighted by atomic mass is 16.5. The predicted octanol–water partition coefficient (Wildman–Crippen LogP) is 3.75. The molecule has 1 aromatic carbocycles. The molecule has 0 bridgehead atoms. The van der Waals surface area contributed by atoms with Gasteiger partial charge in [0.15, 0.2) is 6.29 Å². The Kier molecular flexibility index (Phi) is 4.47. The Bertz CT molecular complexity index is 739. The Labute approximate surface area is 162 Å². The Morgan fingerprint density at radius 1 is 1.07 bits per heavy atom. The van der Waals surface area contributed by atoms with Gasteiger partial charge in [0, 0.05) is 18.6 Å². The molecule has 4 atom stereocenters. The van der Waals surface area contributed by atoms with Gasteiger partial charge in [-0.05, 0) is 82.5 Å². The highest BCUT2D eigenvalue weighted by Gasteiger charge is 2.50. The normalized spacial score (nSPS) is 33.3. The molecule has 4 heterocycles. The van der Waals surface area contributed by atoms with Gasteiger partial charge in [-0.25, -0.2) is 0 Å². The first kappa shape index (κ1) is 17.3. The van der Waals surface area contributed by atoms with Crippen molar-refractivity contribution in [1.29, 1.82) is 0 Å². The molecule has 0 saturated carbocycles. The average Bonchev–Trinajstić information content (AvgIpc) is 2.70. The van der Waals surface area contributed by atoms with Crippen molar-refractivity contribution in [1.82, 2.24) is 9.80 Å². The fourth-order valence-corrected chi connectivity index (χ4v) is 6.14. The minimum absolute atomic E-state index is 0.524. The number of allylic oxidation sites excluding steroid dienone is 1. The molecule has 3 fully saturated rings. The SMILES string of the molecule is Cc1ccc(OC2=C(C=O)CC[C@@H]3[C@H]4CCCN5CCC[C@@H](CN23)[C@@H]45)cc1. The number of carbonyl (C=O) groups is 1. The molecule has 4 nitrogen and oxygen atoms in total. The Hall–Kier alpha value is -1.81. The molecule has 27 heavy (non-hydrogen) atoms. The highest BCUT2D eigenvalue weighted by Crippen LogP contribution is 2.46. The van der Waals surface area contributed by atoms with Crippen LogP contribution in [0.3, 0.4) is 0 Å². The molecule has 0 radical (unpaired) electrons. The van der Waals surface area contributed by atoms with Crippen molar-refractivity contribution >= 4 is 6.29 Å². The van der Waals surface area contributed by atoms with Crippen molar-refractivity contribution in [2.75, 3.05) is 19.6 Å². The van der Waals surface area contributed by atoms with Crippen LogP contribution in [-0.4, -0.2) is 47.8 Å². The van der Waals surface area contributed by atoms with E-state index in [4.69, 9.17) is 4.74 Å². The van der Waals surface area contributed by atoms with E-state index >= 15 is 0 Å². The first-order valence-electron chi connectivity index (χ1n) is 10.7. The highest BCUT2D eigenvalue weighted by molar-refractivity contribution is 5.74. The van der Waals surface area contributed by atoms with E-state index in [9.17, 15) is 4.79 Å². The summed E-state index contributed by atoms with van der Waals surface area (Å²) < 4.78 is 6.36. The zero-order chi connectivity index (χ0) is 18.4. The number of carbonyl (C=O) groups excluding carboxylic acids is 1. The number of piperidine rings is 3. The second-order valence-electron chi connectivity index (χ2n) is 8.86. The topological polar surface area (TPSA) is 32.8 Å². The third-order valence-electron chi connectivity index (χ3n) is 7.29. The maximum Gasteiger partial charge on any atom is 0.202 e. The van der Waals surface area contributed by atoms with Crippen LogP contribution >= 0.6 is 0 Å². The second kappa shape index (κ2) is 6.97. The first-order chi connectivity index (χ1) is 13.2. The number of aldehydes is 1. The number of rotatable bonds is 3. The zero-order valence-electron chi connectivity index (χ0n) is 16.3. The number of aryl methyl sites for hydroxylation is 1. The Morgan fingerprint density at radius 3 is 2.63 bits per heavy atom. The molecule has 4 heteroatoms. The molecule has 0 spiro atoms. The van der Waals surface area contributed by atoms with E-state index in [1.165, 1.54) is 44.3 Å². The van der Waals surface area contributed by atoms with Crippen LogP contribution in [0.15, 0.2) is 35.7 Å². The number of fused-ring (bicyclic) bond motifs is 2. The van der Waals surface area contributed by atoms with Crippen LogP contribution in [0.4, 0.5) is 0 Å². The molecule has 144 valence electrons. The Balaban J connectivity index is 1.47. The van der Waals surface area contributed by atoms with E-state index in [2.05, 4.69) is 28.9 Å². The van der Waals surface area contributed by atoms with E-state index in [-0.39, 0.29) is 0 Å². The third-order valence-corrected chi connectivity index (χ3v) is 7.29. The van der Waals surface area contributed by atoms with Crippen LogP contribution in [0.5, 0.6) is 5.75 Å². The molecule has 1 aromatic rings. The van der Waals surface area contributed by atoms with E-state index in [1.807, 2.05) is 12.1 Å². The maximum absolute atomic E-state index is 11.8. The van der Waals surface area contributed by atoms with Crippen molar-refractivity contribution in [2.24, 2.45) is 11.8 Å². The molecule has 0 aliphatic carbocycles. The lowest BCUT2D eigenvalue weighted by Crippen LogP contribution is -2.65. The van der Waals surface area contributed by atoms with E-state index in [0.29, 0.717) is 12.0 Å². The van der Waals surface area contributed by atoms with Crippen molar-refractivity contribution in [3.8, 4) is 5.75 Å². The summed E-state index contributed by atoms with van der Waals surface area (Å²) in [4.78, 5) is 17.1. The van der Waals surface area contributed by atoms with E-state index < -0.39 is 0 Å². The molecular formula is C23H30N2O2. The summed E-state index contributed by atoms with van der Waals surface area (Å²) >= 11 is 0. The van der Waals surface area contributed by atoms with Crippen molar-refractivity contribution in [3.05, 3.63) is 41.3 Å². The van der Waals surface area contributed by atoms with Crippen LogP contribution in [0.25, 0.3) is 0 Å². The quantitative estimate of drug-likeness (QED) is 0.763. The fourth-order valence-electron chi connectivity index (χ4n) is 6.14. The zero-order valence-corrected chi connectivity index (χ0v) is 16.3. The van der Waals surface area contributed by atoms with Gasteiger partial charge in [0.2, 0.25) is 5.88 Å². The van der Waals surface area contributed by atoms with Crippen molar-refractivity contribution < 1.29 is 9.53 Å². The number of nitrogens with zero attached hydrogens (tertiary/aromatic N) is 2. The van der Waals surface area contributed by atoms with Crippen LogP contribution < -0.4 is 4.74 Å². The lowest BCUT2D eigenvalue weighted by molar-refractivity contribution is -0.107. The minimum Gasteiger partial charge on any atom is -0.441 e.